The van der Waals surface area contributed by atoms with E-state index in [-0.39, 0.29) is 30.0 Å². The third-order valence-corrected chi connectivity index (χ3v) is 5.02. The van der Waals surface area contributed by atoms with Gasteiger partial charge in [-0.3, -0.25) is 4.79 Å². The number of rotatable bonds is 6. The van der Waals surface area contributed by atoms with Crippen LogP contribution in [0.15, 0.2) is 0 Å². The van der Waals surface area contributed by atoms with Crippen LogP contribution in [0.5, 0.6) is 0 Å². The Hall–Kier alpha value is -0.630. The summed E-state index contributed by atoms with van der Waals surface area (Å²) >= 11 is 0. The molecule has 0 N–H and O–H groups in total. The average molecular weight is 316 g/mol. The Labute approximate surface area is 116 Å². The van der Waals surface area contributed by atoms with Gasteiger partial charge in [-0.2, -0.15) is 13.2 Å². The first kappa shape index (κ1) is 17.4. The SMILES string of the molecule is CC(=O)[C@@H]1O[C@H](CCS(=O)(=O)CCC(F)(F)F)C[C@@H]1C. The number of ether oxygens (including phenoxy) is 1. The van der Waals surface area contributed by atoms with Gasteiger partial charge in [0.2, 0.25) is 0 Å². The molecule has 0 aromatic carbocycles. The van der Waals surface area contributed by atoms with E-state index in [0.29, 0.717) is 6.42 Å². The van der Waals surface area contributed by atoms with Crippen LogP contribution in [0.25, 0.3) is 0 Å². The quantitative estimate of drug-likeness (QED) is 0.753. The average Bonchev–Trinajstić information content (AvgIpc) is 2.65. The largest absolute Gasteiger partial charge is 0.390 e. The Morgan fingerprint density at radius 1 is 1.30 bits per heavy atom. The lowest BCUT2D eigenvalue weighted by molar-refractivity contribution is -0.130. The van der Waals surface area contributed by atoms with Gasteiger partial charge >= 0.3 is 6.18 Å². The third kappa shape index (κ3) is 5.78. The molecule has 0 aromatic rings. The number of alkyl halides is 3. The van der Waals surface area contributed by atoms with Crippen LogP contribution in [-0.2, 0) is 19.4 Å². The lowest BCUT2D eigenvalue weighted by atomic mass is 9.99. The standard InChI is InChI=1S/C12H19F3O4S/c1-8-7-10(19-11(8)9(2)16)3-5-20(17,18)6-4-12(13,14)15/h8,10-11H,3-7H2,1-2H3/t8-,10+,11+/m0/s1. The van der Waals surface area contributed by atoms with E-state index in [9.17, 15) is 26.4 Å². The van der Waals surface area contributed by atoms with Crippen molar-refractivity contribution in [1.82, 2.24) is 0 Å². The van der Waals surface area contributed by atoms with Crippen molar-refractivity contribution in [1.29, 1.82) is 0 Å². The first-order valence-corrected chi connectivity index (χ1v) is 8.25. The number of carbonyl (C=O) groups is 1. The second-order valence-electron chi connectivity index (χ2n) is 5.31. The van der Waals surface area contributed by atoms with E-state index in [0.717, 1.165) is 0 Å². The molecule has 3 atom stereocenters. The molecular weight excluding hydrogens is 297 g/mol. The molecular formula is C12H19F3O4S. The van der Waals surface area contributed by atoms with Crippen molar-refractivity contribution < 1.29 is 31.1 Å². The number of ketones is 1. The van der Waals surface area contributed by atoms with Crippen LogP contribution in [0, 0.1) is 5.92 Å². The summed E-state index contributed by atoms with van der Waals surface area (Å²) in [6.07, 6.45) is -6.01. The zero-order valence-corrected chi connectivity index (χ0v) is 12.3. The Bertz CT molecular complexity index is 444. The molecule has 118 valence electrons. The Morgan fingerprint density at radius 2 is 1.90 bits per heavy atom. The highest BCUT2D eigenvalue weighted by atomic mass is 32.2. The summed E-state index contributed by atoms with van der Waals surface area (Å²) in [6, 6.07) is 0. The molecule has 20 heavy (non-hydrogen) atoms. The fourth-order valence-corrected chi connectivity index (χ4v) is 3.67. The fourth-order valence-electron chi connectivity index (χ4n) is 2.30. The van der Waals surface area contributed by atoms with Gasteiger partial charge in [0.05, 0.1) is 24.0 Å². The summed E-state index contributed by atoms with van der Waals surface area (Å²) in [7, 11) is -3.74. The van der Waals surface area contributed by atoms with Crippen LogP contribution in [0.3, 0.4) is 0 Å². The highest BCUT2D eigenvalue weighted by Gasteiger charge is 2.36. The van der Waals surface area contributed by atoms with E-state index in [1.165, 1.54) is 6.92 Å². The smallest absolute Gasteiger partial charge is 0.367 e. The van der Waals surface area contributed by atoms with Gasteiger partial charge in [-0.05, 0) is 25.7 Å². The molecule has 0 radical (unpaired) electrons. The minimum absolute atomic E-state index is 0.00961. The van der Waals surface area contributed by atoms with Crippen molar-refractivity contribution in [3.63, 3.8) is 0 Å². The minimum Gasteiger partial charge on any atom is -0.367 e. The number of carbonyl (C=O) groups excluding carboxylic acids is 1. The number of halogens is 3. The van der Waals surface area contributed by atoms with Crippen LogP contribution in [0.2, 0.25) is 0 Å². The molecule has 1 heterocycles. The molecule has 1 saturated heterocycles. The molecule has 0 unspecified atom stereocenters. The van der Waals surface area contributed by atoms with Gasteiger partial charge in [-0.1, -0.05) is 6.92 Å². The topological polar surface area (TPSA) is 60.4 Å². The van der Waals surface area contributed by atoms with Gasteiger partial charge in [0.1, 0.15) is 6.10 Å². The maximum Gasteiger partial charge on any atom is 0.390 e. The van der Waals surface area contributed by atoms with Crippen molar-refractivity contribution in [3.8, 4) is 0 Å². The Balaban J connectivity index is 2.42. The van der Waals surface area contributed by atoms with Crippen LogP contribution < -0.4 is 0 Å². The lowest BCUT2D eigenvalue weighted by Crippen LogP contribution is -2.24. The van der Waals surface area contributed by atoms with Gasteiger partial charge in [-0.15, -0.1) is 0 Å². The van der Waals surface area contributed by atoms with Crippen molar-refractivity contribution in [2.24, 2.45) is 5.92 Å². The van der Waals surface area contributed by atoms with E-state index in [2.05, 4.69) is 0 Å². The van der Waals surface area contributed by atoms with Gasteiger partial charge < -0.3 is 4.74 Å². The van der Waals surface area contributed by atoms with E-state index in [1.807, 2.05) is 6.92 Å². The van der Waals surface area contributed by atoms with E-state index in [4.69, 9.17) is 4.74 Å². The molecule has 0 aliphatic carbocycles. The zero-order valence-electron chi connectivity index (χ0n) is 11.4. The number of hydrogen-bond acceptors (Lipinski definition) is 4. The summed E-state index contributed by atoms with van der Waals surface area (Å²) in [5, 5.41) is 0. The Morgan fingerprint density at radius 3 is 2.35 bits per heavy atom. The summed E-state index contributed by atoms with van der Waals surface area (Å²) in [5.41, 5.74) is 0. The minimum atomic E-state index is -4.47. The lowest BCUT2D eigenvalue weighted by Gasteiger charge is -2.12. The van der Waals surface area contributed by atoms with Crippen molar-refractivity contribution in [2.75, 3.05) is 11.5 Å². The van der Waals surface area contributed by atoms with Gasteiger partial charge in [-0.25, -0.2) is 8.42 Å². The number of sulfone groups is 1. The molecule has 0 spiro atoms. The summed E-state index contributed by atoms with van der Waals surface area (Å²) < 4.78 is 64.4. The molecule has 0 amide bonds. The first-order valence-electron chi connectivity index (χ1n) is 6.43. The molecule has 1 aliphatic rings. The highest BCUT2D eigenvalue weighted by molar-refractivity contribution is 7.91. The molecule has 0 aromatic heterocycles. The normalized spacial score (nSPS) is 27.8. The summed E-state index contributed by atoms with van der Waals surface area (Å²) in [6.45, 7) is 3.24. The van der Waals surface area contributed by atoms with E-state index >= 15 is 0 Å². The predicted molar refractivity (Wildman–Crippen MR) is 67.1 cm³/mol. The van der Waals surface area contributed by atoms with Crippen LogP contribution in [0.1, 0.15) is 33.1 Å². The molecule has 1 fully saturated rings. The monoisotopic (exact) mass is 316 g/mol. The molecule has 8 heteroatoms. The third-order valence-electron chi connectivity index (χ3n) is 3.34. The fraction of sp³-hybridized carbons (Fsp3) is 0.917. The van der Waals surface area contributed by atoms with Crippen molar-refractivity contribution in [2.45, 2.75) is 51.5 Å². The summed E-state index contributed by atoms with van der Waals surface area (Å²) in [5.74, 6) is -1.34. The van der Waals surface area contributed by atoms with Crippen molar-refractivity contribution in [3.05, 3.63) is 0 Å². The molecule has 1 aliphatic heterocycles. The molecule has 4 nitrogen and oxygen atoms in total. The van der Waals surface area contributed by atoms with Crippen LogP contribution in [0.4, 0.5) is 13.2 Å². The highest BCUT2D eigenvalue weighted by Crippen LogP contribution is 2.29. The molecule has 1 rings (SSSR count). The second kappa shape index (κ2) is 6.43. The predicted octanol–water partition coefficient (Wildman–Crippen LogP) is 2.13. The van der Waals surface area contributed by atoms with E-state index in [1.54, 1.807) is 0 Å². The first-order chi connectivity index (χ1) is 9.00. The van der Waals surface area contributed by atoms with Gasteiger partial charge in [0, 0.05) is 0 Å². The summed E-state index contributed by atoms with van der Waals surface area (Å²) in [4.78, 5) is 11.2. The van der Waals surface area contributed by atoms with Crippen LogP contribution >= 0.6 is 0 Å². The maximum atomic E-state index is 12.0. The van der Waals surface area contributed by atoms with Gasteiger partial charge in [0.25, 0.3) is 0 Å². The number of Topliss-reactive ketones (excluding diaryl/α,β-unsaturated/α-hetero) is 1. The molecule has 0 bridgehead atoms. The van der Waals surface area contributed by atoms with Crippen molar-refractivity contribution >= 4 is 15.6 Å². The number of hydrogen-bond donors (Lipinski definition) is 0. The zero-order chi connectivity index (χ0) is 15.6. The van der Waals surface area contributed by atoms with E-state index < -0.39 is 34.3 Å². The van der Waals surface area contributed by atoms with Gasteiger partial charge in [0.15, 0.2) is 15.6 Å². The van der Waals surface area contributed by atoms with Crippen LogP contribution in [-0.4, -0.2) is 44.1 Å². The Kier molecular flexibility index (Phi) is 5.60. The maximum absolute atomic E-state index is 12.0. The second-order valence-corrected chi connectivity index (χ2v) is 7.61. The molecule has 0 saturated carbocycles.